The molecule has 3 nitrogen and oxygen atoms in total. The molecule has 15 heavy (non-hydrogen) atoms. The lowest BCUT2D eigenvalue weighted by atomic mass is 10.1. The monoisotopic (exact) mass is 267 g/mol. The van der Waals surface area contributed by atoms with Crippen molar-refractivity contribution in [1.82, 2.24) is 4.98 Å². The first-order valence-electron chi connectivity index (χ1n) is 4.50. The van der Waals surface area contributed by atoms with Crippen molar-refractivity contribution in [2.45, 2.75) is 6.92 Å². The third-order valence-electron chi connectivity index (χ3n) is 2.35. The number of carbonyl (C=O) groups is 1. The van der Waals surface area contributed by atoms with Crippen molar-refractivity contribution in [1.29, 1.82) is 0 Å². The van der Waals surface area contributed by atoms with E-state index in [0.29, 0.717) is 5.56 Å². The first-order chi connectivity index (χ1) is 7.15. The molecule has 0 spiro atoms. The lowest BCUT2D eigenvalue weighted by Crippen LogP contribution is -2.02. The van der Waals surface area contributed by atoms with Crippen LogP contribution in [0.3, 0.4) is 0 Å². The van der Waals surface area contributed by atoms with Crippen molar-refractivity contribution in [3.63, 3.8) is 0 Å². The van der Waals surface area contributed by atoms with Gasteiger partial charge in [-0.25, -0.2) is 4.79 Å². The van der Waals surface area contributed by atoms with E-state index in [1.807, 2.05) is 25.1 Å². The van der Waals surface area contributed by atoms with Gasteiger partial charge in [0.25, 0.3) is 0 Å². The summed E-state index contributed by atoms with van der Waals surface area (Å²) in [4.78, 5) is 14.8. The molecule has 1 aromatic heterocycles. The molecule has 2 aromatic rings. The van der Waals surface area contributed by atoms with Gasteiger partial charge in [0.15, 0.2) is 0 Å². The van der Waals surface area contributed by atoms with Crippen LogP contribution >= 0.6 is 15.9 Å². The second-order valence-electron chi connectivity index (χ2n) is 3.28. The Balaban J connectivity index is 2.82. The number of carbonyl (C=O) groups excluding carboxylic acids is 1. The van der Waals surface area contributed by atoms with Crippen molar-refractivity contribution in [2.75, 3.05) is 7.11 Å². The van der Waals surface area contributed by atoms with Gasteiger partial charge in [-0.3, -0.25) is 0 Å². The molecule has 0 amide bonds. The number of halogens is 1. The summed E-state index contributed by atoms with van der Waals surface area (Å²) in [6.07, 6.45) is 0. The second kappa shape index (κ2) is 3.70. The number of hydrogen-bond acceptors (Lipinski definition) is 2. The molecule has 0 atom stereocenters. The van der Waals surface area contributed by atoms with E-state index in [-0.39, 0.29) is 5.97 Å². The maximum Gasteiger partial charge on any atom is 0.340 e. The van der Waals surface area contributed by atoms with Crippen molar-refractivity contribution in [3.05, 3.63) is 33.9 Å². The average Bonchev–Trinajstić information content (AvgIpc) is 2.55. The van der Waals surface area contributed by atoms with Crippen LogP contribution < -0.4 is 0 Å². The molecule has 78 valence electrons. The highest BCUT2D eigenvalue weighted by Gasteiger charge is 2.17. The SMILES string of the molecule is COC(=O)c1c(C)[nH]c2cccc(Br)c12. The normalized spacial score (nSPS) is 10.6. The third kappa shape index (κ3) is 1.55. The molecule has 0 saturated carbocycles. The maximum atomic E-state index is 11.6. The van der Waals surface area contributed by atoms with Crippen LogP contribution in [0.2, 0.25) is 0 Å². The standard InChI is InChI=1S/C11H10BrNO2/c1-6-9(11(14)15-2)10-7(12)4-3-5-8(10)13-6/h3-5,13H,1-2H3. The van der Waals surface area contributed by atoms with E-state index in [1.165, 1.54) is 7.11 Å². The van der Waals surface area contributed by atoms with Gasteiger partial charge in [0.05, 0.1) is 12.7 Å². The van der Waals surface area contributed by atoms with Gasteiger partial charge >= 0.3 is 5.97 Å². The molecule has 0 radical (unpaired) electrons. The molecule has 0 aliphatic rings. The van der Waals surface area contributed by atoms with Gasteiger partial charge in [-0.05, 0) is 19.1 Å². The Morgan fingerprint density at radius 2 is 2.20 bits per heavy atom. The lowest BCUT2D eigenvalue weighted by molar-refractivity contribution is 0.0602. The molecule has 0 saturated heterocycles. The van der Waals surface area contributed by atoms with Crippen LogP contribution in [-0.2, 0) is 4.74 Å². The molecule has 1 N–H and O–H groups in total. The molecule has 1 aromatic carbocycles. The first kappa shape index (κ1) is 10.2. The van der Waals surface area contributed by atoms with Gasteiger partial charge in [-0.15, -0.1) is 0 Å². The van der Waals surface area contributed by atoms with Crippen LogP contribution in [0, 0.1) is 6.92 Å². The predicted molar refractivity (Wildman–Crippen MR) is 62.1 cm³/mol. The lowest BCUT2D eigenvalue weighted by Gasteiger charge is -1.99. The van der Waals surface area contributed by atoms with E-state index in [1.54, 1.807) is 0 Å². The number of methoxy groups -OCH3 is 1. The van der Waals surface area contributed by atoms with Crippen LogP contribution in [0.5, 0.6) is 0 Å². The minimum absolute atomic E-state index is 0.314. The molecule has 0 fully saturated rings. The fourth-order valence-corrected chi connectivity index (χ4v) is 2.26. The van der Waals surface area contributed by atoms with Crippen LogP contribution in [-0.4, -0.2) is 18.1 Å². The van der Waals surface area contributed by atoms with Crippen LogP contribution in [0.25, 0.3) is 10.9 Å². The van der Waals surface area contributed by atoms with Crippen molar-refractivity contribution in [3.8, 4) is 0 Å². The number of aryl methyl sites for hydroxylation is 1. The largest absolute Gasteiger partial charge is 0.465 e. The summed E-state index contributed by atoms with van der Waals surface area (Å²) in [5.74, 6) is -0.314. The number of benzene rings is 1. The van der Waals surface area contributed by atoms with E-state index < -0.39 is 0 Å². The Morgan fingerprint density at radius 3 is 2.87 bits per heavy atom. The zero-order valence-electron chi connectivity index (χ0n) is 8.43. The first-order valence-corrected chi connectivity index (χ1v) is 5.29. The molecule has 0 aliphatic carbocycles. The van der Waals surface area contributed by atoms with E-state index in [2.05, 4.69) is 20.9 Å². The summed E-state index contributed by atoms with van der Waals surface area (Å²) in [6, 6.07) is 5.75. The number of esters is 1. The molecule has 1 heterocycles. The zero-order valence-corrected chi connectivity index (χ0v) is 10.0. The fraction of sp³-hybridized carbons (Fsp3) is 0.182. The molecule has 0 bridgehead atoms. The van der Waals surface area contributed by atoms with Gasteiger partial charge in [-0.1, -0.05) is 22.0 Å². The summed E-state index contributed by atoms with van der Waals surface area (Å²) in [7, 11) is 1.39. The summed E-state index contributed by atoms with van der Waals surface area (Å²) in [5, 5.41) is 0.877. The summed E-state index contributed by atoms with van der Waals surface area (Å²) < 4.78 is 5.65. The van der Waals surface area contributed by atoms with Gasteiger partial charge in [0.2, 0.25) is 0 Å². The van der Waals surface area contributed by atoms with Gasteiger partial charge < -0.3 is 9.72 Å². The summed E-state index contributed by atoms with van der Waals surface area (Å²) >= 11 is 3.43. The van der Waals surface area contributed by atoms with Crippen molar-refractivity contribution >= 4 is 32.8 Å². The van der Waals surface area contributed by atoms with E-state index >= 15 is 0 Å². The Kier molecular flexibility index (Phi) is 2.52. The summed E-state index contributed by atoms with van der Waals surface area (Å²) in [6.45, 7) is 1.86. The van der Waals surface area contributed by atoms with Crippen LogP contribution in [0.1, 0.15) is 16.1 Å². The number of aromatic nitrogens is 1. The van der Waals surface area contributed by atoms with Gasteiger partial charge in [-0.2, -0.15) is 0 Å². The minimum Gasteiger partial charge on any atom is -0.465 e. The van der Waals surface area contributed by atoms with Crippen molar-refractivity contribution in [2.24, 2.45) is 0 Å². The Morgan fingerprint density at radius 1 is 1.47 bits per heavy atom. The Bertz CT molecular complexity index is 531. The number of aromatic amines is 1. The highest BCUT2D eigenvalue weighted by atomic mass is 79.9. The van der Waals surface area contributed by atoms with E-state index in [0.717, 1.165) is 21.1 Å². The topological polar surface area (TPSA) is 42.1 Å². The number of ether oxygens (including phenoxy) is 1. The molecular formula is C11H10BrNO2. The number of fused-ring (bicyclic) bond motifs is 1. The van der Waals surface area contributed by atoms with E-state index in [4.69, 9.17) is 4.74 Å². The van der Waals surface area contributed by atoms with Crippen LogP contribution in [0.4, 0.5) is 0 Å². The quantitative estimate of drug-likeness (QED) is 0.808. The van der Waals surface area contributed by atoms with Gasteiger partial charge in [0.1, 0.15) is 0 Å². The highest BCUT2D eigenvalue weighted by molar-refractivity contribution is 9.10. The van der Waals surface area contributed by atoms with E-state index in [9.17, 15) is 4.79 Å². The fourth-order valence-electron chi connectivity index (χ4n) is 1.69. The number of hydrogen-bond donors (Lipinski definition) is 1. The van der Waals surface area contributed by atoms with Gasteiger partial charge in [0, 0.05) is 21.1 Å². The maximum absolute atomic E-state index is 11.6. The zero-order chi connectivity index (χ0) is 11.0. The van der Waals surface area contributed by atoms with Crippen LogP contribution in [0.15, 0.2) is 22.7 Å². The highest BCUT2D eigenvalue weighted by Crippen LogP contribution is 2.29. The Hall–Kier alpha value is -1.29. The molecule has 2 rings (SSSR count). The minimum atomic E-state index is -0.314. The molecule has 4 heteroatoms. The third-order valence-corrected chi connectivity index (χ3v) is 3.01. The number of H-pyrrole nitrogens is 1. The molecular weight excluding hydrogens is 258 g/mol. The molecule has 0 aliphatic heterocycles. The Labute approximate surface area is 95.6 Å². The number of nitrogens with one attached hydrogen (secondary N) is 1. The van der Waals surface area contributed by atoms with Crippen molar-refractivity contribution < 1.29 is 9.53 Å². The molecule has 0 unspecified atom stereocenters. The predicted octanol–water partition coefficient (Wildman–Crippen LogP) is 3.03. The smallest absolute Gasteiger partial charge is 0.340 e. The second-order valence-corrected chi connectivity index (χ2v) is 4.13. The summed E-state index contributed by atoms with van der Waals surface area (Å²) in [5.41, 5.74) is 2.35. The average molecular weight is 268 g/mol. The number of rotatable bonds is 1.